The van der Waals surface area contributed by atoms with Crippen LogP contribution in [0.25, 0.3) is 0 Å². The number of carbonyl (C=O) groups is 2. The molecule has 9 heteroatoms. The summed E-state index contributed by atoms with van der Waals surface area (Å²) in [5, 5.41) is 2.48. The van der Waals surface area contributed by atoms with Gasteiger partial charge in [-0.15, -0.1) is 0 Å². The maximum atomic E-state index is 12.9. The maximum absolute atomic E-state index is 12.9. The minimum atomic E-state index is -4.54. The molecule has 6 atom stereocenters. The number of benzene rings is 1. The Kier molecular flexibility index (Phi) is 3.85. The van der Waals surface area contributed by atoms with Crippen molar-refractivity contribution >= 4 is 45.1 Å². The lowest BCUT2D eigenvalue weighted by atomic mass is 9.79. The van der Waals surface area contributed by atoms with Gasteiger partial charge in [0.25, 0.3) is 0 Å². The van der Waals surface area contributed by atoms with Crippen LogP contribution in [-0.2, 0) is 20.5 Å². The van der Waals surface area contributed by atoms with E-state index in [-0.39, 0.29) is 33.5 Å². The van der Waals surface area contributed by atoms with E-state index in [1.54, 1.807) is 0 Å². The van der Waals surface area contributed by atoms with Gasteiger partial charge in [0.1, 0.15) is 6.10 Å². The van der Waals surface area contributed by atoms with Crippen molar-refractivity contribution in [3.05, 3.63) is 28.8 Å². The van der Waals surface area contributed by atoms with Crippen molar-refractivity contribution in [2.24, 2.45) is 23.7 Å². The number of anilines is 1. The first-order chi connectivity index (χ1) is 11.7. The summed E-state index contributed by atoms with van der Waals surface area (Å²) in [5.74, 6) is -2.18. The van der Waals surface area contributed by atoms with E-state index in [9.17, 15) is 22.8 Å². The van der Waals surface area contributed by atoms with Crippen LogP contribution in [0.5, 0.6) is 0 Å². The van der Waals surface area contributed by atoms with Gasteiger partial charge >= 0.3 is 12.1 Å². The number of nitrogens with one attached hydrogen (secondary N) is 1. The molecule has 0 spiro atoms. The van der Waals surface area contributed by atoms with Gasteiger partial charge < -0.3 is 10.1 Å². The van der Waals surface area contributed by atoms with Crippen molar-refractivity contribution < 1.29 is 27.5 Å². The second-order valence-corrected chi connectivity index (χ2v) is 8.11. The minimum Gasteiger partial charge on any atom is -0.461 e. The van der Waals surface area contributed by atoms with Crippen LogP contribution in [0.15, 0.2) is 18.2 Å². The Morgan fingerprint density at radius 2 is 2.04 bits per heavy atom. The average Bonchev–Trinajstić information content (AvgIpc) is 3.12. The number of esters is 1. The van der Waals surface area contributed by atoms with Crippen molar-refractivity contribution in [3.8, 4) is 0 Å². The van der Waals surface area contributed by atoms with E-state index in [0.29, 0.717) is 6.42 Å². The molecule has 0 radical (unpaired) electrons. The number of hydrogen-bond donors (Lipinski definition) is 1. The first-order valence-corrected chi connectivity index (χ1v) is 9.00. The Hall–Kier alpha value is -1.28. The highest BCUT2D eigenvalue weighted by Gasteiger charge is 2.67. The molecule has 1 saturated heterocycles. The van der Waals surface area contributed by atoms with Gasteiger partial charge in [0.15, 0.2) is 0 Å². The highest BCUT2D eigenvalue weighted by molar-refractivity contribution is 9.09. The molecule has 3 aliphatic rings. The Labute approximate surface area is 154 Å². The van der Waals surface area contributed by atoms with E-state index in [2.05, 4.69) is 21.2 Å². The average molecular weight is 439 g/mol. The van der Waals surface area contributed by atoms with Gasteiger partial charge in [0, 0.05) is 5.92 Å². The van der Waals surface area contributed by atoms with E-state index in [1.165, 1.54) is 0 Å². The number of halogens is 5. The Balaban J connectivity index is 1.60. The molecular weight excluding hydrogens is 427 g/mol. The molecule has 25 heavy (non-hydrogen) atoms. The molecule has 1 amide bonds. The standard InChI is InChI=1S/C16H12BrClF3NO3/c17-12-6-4-7-11(15(24)25-13(7)12)10(6)14(23)22-9-3-5(16(19,20)21)1-2-8(9)18/h1-3,6-7,10-13H,4H2,(H,22,23)/t6-,7+,10-,11-,12+,13-/m0/s1. The minimum absolute atomic E-state index is 0.00627. The van der Waals surface area contributed by atoms with E-state index in [1.807, 2.05) is 0 Å². The van der Waals surface area contributed by atoms with Crippen LogP contribution in [0.4, 0.5) is 18.9 Å². The molecule has 1 aromatic rings. The SMILES string of the molecule is O=C(Nc1cc(C(F)(F)F)ccc1Cl)[C@H]1[C@@H]2C[C@H]3[C@H](OC(=O)[C@@H]31)[C@@H]2Br. The van der Waals surface area contributed by atoms with E-state index >= 15 is 0 Å². The van der Waals surface area contributed by atoms with Crippen LogP contribution in [-0.4, -0.2) is 22.8 Å². The second kappa shape index (κ2) is 5.61. The van der Waals surface area contributed by atoms with Crippen LogP contribution >= 0.6 is 27.5 Å². The molecule has 2 saturated carbocycles. The van der Waals surface area contributed by atoms with Crippen LogP contribution in [0, 0.1) is 23.7 Å². The van der Waals surface area contributed by atoms with E-state index in [4.69, 9.17) is 16.3 Å². The number of carbonyl (C=O) groups excluding carboxylic acids is 2. The lowest BCUT2D eigenvalue weighted by Crippen LogP contribution is -2.40. The number of hydrogen-bond acceptors (Lipinski definition) is 3. The molecule has 0 aromatic heterocycles. The zero-order chi connectivity index (χ0) is 18.1. The lowest BCUT2D eigenvalue weighted by Gasteiger charge is -2.27. The number of fused-ring (bicyclic) bond motifs is 1. The highest BCUT2D eigenvalue weighted by atomic mass is 79.9. The van der Waals surface area contributed by atoms with Crippen molar-refractivity contribution in [3.63, 3.8) is 0 Å². The third-order valence-corrected chi connectivity index (χ3v) is 6.91. The number of amides is 1. The predicted octanol–water partition coefficient (Wildman–Crippen LogP) is 3.87. The third kappa shape index (κ3) is 2.56. The first-order valence-electron chi connectivity index (χ1n) is 7.70. The van der Waals surface area contributed by atoms with Gasteiger partial charge in [-0.05, 0) is 30.5 Å². The molecule has 1 N–H and O–H groups in total. The van der Waals surface area contributed by atoms with Crippen molar-refractivity contribution in [2.45, 2.75) is 23.5 Å². The number of alkyl halides is 4. The summed E-state index contributed by atoms with van der Waals surface area (Å²) in [7, 11) is 0. The number of rotatable bonds is 2. The second-order valence-electron chi connectivity index (χ2n) is 6.64. The summed E-state index contributed by atoms with van der Waals surface area (Å²) in [6.45, 7) is 0. The smallest absolute Gasteiger partial charge is 0.416 e. The van der Waals surface area contributed by atoms with Gasteiger partial charge in [-0.2, -0.15) is 13.2 Å². The number of ether oxygens (including phenoxy) is 1. The fourth-order valence-electron chi connectivity index (χ4n) is 4.34. The predicted molar refractivity (Wildman–Crippen MR) is 86.3 cm³/mol. The summed E-state index contributed by atoms with van der Waals surface area (Å²) in [4.78, 5) is 24.7. The molecule has 1 heterocycles. The normalized spacial score (nSPS) is 35.8. The molecular formula is C16H12BrClF3NO3. The quantitative estimate of drug-likeness (QED) is 0.563. The highest BCUT2D eigenvalue weighted by Crippen LogP contribution is 2.60. The largest absolute Gasteiger partial charge is 0.461 e. The van der Waals surface area contributed by atoms with Crippen LogP contribution in [0.3, 0.4) is 0 Å². The first kappa shape index (κ1) is 17.1. The maximum Gasteiger partial charge on any atom is 0.416 e. The van der Waals surface area contributed by atoms with Gasteiger partial charge in [-0.25, -0.2) is 0 Å². The summed E-state index contributed by atoms with van der Waals surface area (Å²) in [6.07, 6.45) is -4.07. The van der Waals surface area contributed by atoms with Crippen molar-refractivity contribution in [2.75, 3.05) is 5.32 Å². The zero-order valence-corrected chi connectivity index (χ0v) is 14.9. The Morgan fingerprint density at radius 3 is 2.72 bits per heavy atom. The van der Waals surface area contributed by atoms with E-state index < -0.39 is 35.5 Å². The molecule has 1 aliphatic heterocycles. The van der Waals surface area contributed by atoms with Gasteiger partial charge in [-0.3, -0.25) is 9.59 Å². The van der Waals surface area contributed by atoms with Gasteiger partial charge in [0.05, 0.1) is 32.9 Å². The van der Waals surface area contributed by atoms with Crippen LogP contribution in [0.1, 0.15) is 12.0 Å². The fourth-order valence-corrected chi connectivity index (χ4v) is 5.55. The lowest BCUT2D eigenvalue weighted by molar-refractivity contribution is -0.145. The monoisotopic (exact) mass is 437 g/mol. The molecule has 2 aliphatic carbocycles. The van der Waals surface area contributed by atoms with E-state index in [0.717, 1.165) is 18.2 Å². The van der Waals surface area contributed by atoms with Gasteiger partial charge in [-0.1, -0.05) is 27.5 Å². The summed E-state index contributed by atoms with van der Waals surface area (Å²) < 4.78 is 43.9. The van der Waals surface area contributed by atoms with Crippen LogP contribution in [0.2, 0.25) is 5.02 Å². The van der Waals surface area contributed by atoms with Crippen molar-refractivity contribution in [1.29, 1.82) is 0 Å². The van der Waals surface area contributed by atoms with Gasteiger partial charge in [0.2, 0.25) is 5.91 Å². The molecule has 1 aromatic carbocycles. The molecule has 2 bridgehead atoms. The Bertz CT molecular complexity index is 771. The molecule has 4 rings (SSSR count). The summed E-state index contributed by atoms with van der Waals surface area (Å²) in [6, 6.07) is 2.74. The van der Waals surface area contributed by atoms with Crippen molar-refractivity contribution in [1.82, 2.24) is 0 Å². The molecule has 3 fully saturated rings. The fraction of sp³-hybridized carbons (Fsp3) is 0.500. The summed E-state index contributed by atoms with van der Waals surface area (Å²) >= 11 is 9.42. The molecule has 134 valence electrons. The molecule has 0 unspecified atom stereocenters. The third-order valence-electron chi connectivity index (χ3n) is 5.38. The summed E-state index contributed by atoms with van der Waals surface area (Å²) in [5.41, 5.74) is -1.02. The topological polar surface area (TPSA) is 55.4 Å². The molecule has 4 nitrogen and oxygen atoms in total. The Morgan fingerprint density at radius 1 is 1.32 bits per heavy atom. The zero-order valence-electron chi connectivity index (χ0n) is 12.5. The van der Waals surface area contributed by atoms with Crippen LogP contribution < -0.4 is 5.32 Å².